The molecule has 0 unspecified atom stereocenters. The third-order valence-corrected chi connectivity index (χ3v) is 3.12. The second-order valence-corrected chi connectivity index (χ2v) is 6.79. The number of rotatable bonds is 4. The Balaban J connectivity index is 2.78. The van der Waals surface area contributed by atoms with Crippen LogP contribution in [0.5, 0.6) is 5.75 Å². The van der Waals surface area contributed by atoms with Gasteiger partial charge >= 0.3 is 0 Å². The van der Waals surface area contributed by atoms with E-state index < -0.39 is 0 Å². The number of amides is 1. The van der Waals surface area contributed by atoms with Crippen molar-refractivity contribution >= 4 is 17.5 Å². The monoisotopic (exact) mass is 297 g/mol. The van der Waals surface area contributed by atoms with E-state index in [9.17, 15) is 4.79 Å². The minimum absolute atomic E-state index is 0.0112. The van der Waals surface area contributed by atoms with E-state index >= 15 is 0 Å². The summed E-state index contributed by atoms with van der Waals surface area (Å²) in [5.41, 5.74) is 1.71. The van der Waals surface area contributed by atoms with Gasteiger partial charge in [0.05, 0.1) is 0 Å². The number of halogens is 1. The molecular weight excluding hydrogens is 274 g/mol. The first kappa shape index (κ1) is 16.8. The van der Waals surface area contributed by atoms with Crippen LogP contribution in [0.15, 0.2) is 12.1 Å². The van der Waals surface area contributed by atoms with Gasteiger partial charge in [0, 0.05) is 10.6 Å². The Morgan fingerprint density at radius 3 is 2.45 bits per heavy atom. The molecule has 0 aromatic heterocycles. The van der Waals surface area contributed by atoms with E-state index in [4.69, 9.17) is 16.3 Å². The van der Waals surface area contributed by atoms with Crippen molar-refractivity contribution in [2.45, 2.75) is 53.0 Å². The molecule has 0 heterocycles. The van der Waals surface area contributed by atoms with Crippen LogP contribution in [0.2, 0.25) is 5.02 Å². The highest BCUT2D eigenvalue weighted by atomic mass is 35.5. The highest BCUT2D eigenvalue weighted by Crippen LogP contribution is 2.31. The van der Waals surface area contributed by atoms with Gasteiger partial charge in [0.1, 0.15) is 5.75 Å². The van der Waals surface area contributed by atoms with Crippen LogP contribution < -0.4 is 10.1 Å². The maximum absolute atomic E-state index is 11.8. The predicted molar refractivity (Wildman–Crippen MR) is 83.7 cm³/mol. The highest BCUT2D eigenvalue weighted by molar-refractivity contribution is 6.31. The zero-order valence-electron chi connectivity index (χ0n) is 13.1. The van der Waals surface area contributed by atoms with Gasteiger partial charge in [-0.2, -0.15) is 0 Å². The molecule has 0 saturated heterocycles. The fourth-order valence-corrected chi connectivity index (χ4v) is 2.30. The van der Waals surface area contributed by atoms with Crippen molar-refractivity contribution in [1.82, 2.24) is 5.32 Å². The summed E-state index contributed by atoms with van der Waals surface area (Å²) < 4.78 is 5.62. The van der Waals surface area contributed by atoms with Gasteiger partial charge in [-0.15, -0.1) is 0 Å². The van der Waals surface area contributed by atoms with E-state index in [1.807, 2.05) is 39.8 Å². The summed E-state index contributed by atoms with van der Waals surface area (Å²) >= 11 is 6.21. The Hall–Kier alpha value is -1.22. The maximum atomic E-state index is 11.8. The molecule has 0 radical (unpaired) electrons. The van der Waals surface area contributed by atoms with E-state index in [-0.39, 0.29) is 18.1 Å². The van der Waals surface area contributed by atoms with Crippen LogP contribution in [0, 0.1) is 6.92 Å². The van der Waals surface area contributed by atoms with E-state index in [2.05, 4.69) is 19.2 Å². The van der Waals surface area contributed by atoms with Crippen molar-refractivity contribution in [3.63, 3.8) is 0 Å². The summed E-state index contributed by atoms with van der Waals surface area (Å²) in [6.45, 7) is 11.9. The van der Waals surface area contributed by atoms with Crippen molar-refractivity contribution in [1.29, 1.82) is 0 Å². The summed E-state index contributed by atoms with van der Waals surface area (Å²) in [5.74, 6) is 0.897. The van der Waals surface area contributed by atoms with E-state index in [1.165, 1.54) is 0 Å². The SMILES string of the molecule is Cc1cc(Cl)c(C(C)C)cc1OCC(=O)NC(C)(C)C. The fraction of sp³-hybridized carbons (Fsp3) is 0.562. The Bertz CT molecular complexity index is 490. The molecule has 1 N–H and O–H groups in total. The Kier molecular flexibility index (Phi) is 5.46. The molecule has 0 saturated carbocycles. The smallest absolute Gasteiger partial charge is 0.258 e. The molecule has 0 bridgehead atoms. The molecule has 0 fully saturated rings. The average Bonchev–Trinajstić information content (AvgIpc) is 2.24. The molecule has 0 aliphatic heterocycles. The highest BCUT2D eigenvalue weighted by Gasteiger charge is 2.15. The zero-order valence-corrected chi connectivity index (χ0v) is 13.9. The van der Waals surface area contributed by atoms with Gasteiger partial charge in [-0.05, 0) is 56.9 Å². The molecule has 1 rings (SSSR count). The molecule has 20 heavy (non-hydrogen) atoms. The fourth-order valence-electron chi connectivity index (χ4n) is 1.86. The third-order valence-electron chi connectivity index (χ3n) is 2.79. The molecular formula is C16H24ClNO2. The number of hydrogen-bond acceptors (Lipinski definition) is 2. The van der Waals surface area contributed by atoms with E-state index in [0.29, 0.717) is 11.7 Å². The van der Waals surface area contributed by atoms with Crippen LogP contribution in [0.3, 0.4) is 0 Å². The first-order chi connectivity index (χ1) is 9.10. The Morgan fingerprint density at radius 1 is 1.35 bits per heavy atom. The Labute approximate surface area is 126 Å². The lowest BCUT2D eigenvalue weighted by atomic mass is 10.0. The molecule has 1 amide bonds. The number of aryl methyl sites for hydroxylation is 1. The summed E-state index contributed by atoms with van der Waals surface area (Å²) in [6.07, 6.45) is 0. The Morgan fingerprint density at radius 2 is 1.95 bits per heavy atom. The van der Waals surface area contributed by atoms with E-state index in [1.54, 1.807) is 0 Å². The molecule has 1 aromatic carbocycles. The number of carbonyl (C=O) groups excluding carboxylic acids is 1. The number of benzene rings is 1. The second-order valence-electron chi connectivity index (χ2n) is 6.38. The number of nitrogens with one attached hydrogen (secondary N) is 1. The van der Waals surface area contributed by atoms with Crippen LogP contribution in [0.1, 0.15) is 51.7 Å². The summed E-state index contributed by atoms with van der Waals surface area (Å²) in [6, 6.07) is 3.81. The molecule has 0 spiro atoms. The van der Waals surface area contributed by atoms with Crippen molar-refractivity contribution in [2.24, 2.45) is 0 Å². The number of ether oxygens (including phenoxy) is 1. The quantitative estimate of drug-likeness (QED) is 0.910. The molecule has 0 aliphatic rings. The van der Waals surface area contributed by atoms with Crippen LogP contribution in [-0.2, 0) is 4.79 Å². The van der Waals surface area contributed by atoms with Crippen LogP contribution in [-0.4, -0.2) is 18.1 Å². The maximum Gasteiger partial charge on any atom is 0.258 e. The first-order valence-electron chi connectivity index (χ1n) is 6.84. The normalized spacial score (nSPS) is 11.6. The lowest BCUT2D eigenvalue weighted by molar-refractivity contribution is -0.124. The van der Waals surface area contributed by atoms with Gasteiger partial charge in [0.2, 0.25) is 0 Å². The van der Waals surface area contributed by atoms with Gasteiger partial charge < -0.3 is 10.1 Å². The van der Waals surface area contributed by atoms with Crippen molar-refractivity contribution < 1.29 is 9.53 Å². The second kappa shape index (κ2) is 6.49. The van der Waals surface area contributed by atoms with Crippen molar-refractivity contribution in [3.8, 4) is 5.75 Å². The molecule has 112 valence electrons. The van der Waals surface area contributed by atoms with Gasteiger partial charge in [-0.3, -0.25) is 4.79 Å². The zero-order chi connectivity index (χ0) is 15.5. The minimum Gasteiger partial charge on any atom is -0.483 e. The van der Waals surface area contributed by atoms with Gasteiger partial charge in [0.15, 0.2) is 6.61 Å². The summed E-state index contributed by atoms with van der Waals surface area (Å²) in [4.78, 5) is 11.8. The van der Waals surface area contributed by atoms with Gasteiger partial charge in [-0.1, -0.05) is 25.4 Å². The van der Waals surface area contributed by atoms with Crippen LogP contribution in [0.25, 0.3) is 0 Å². The largest absolute Gasteiger partial charge is 0.483 e. The standard InChI is InChI=1S/C16H24ClNO2/c1-10(2)12-8-14(11(3)7-13(12)17)20-9-15(19)18-16(4,5)6/h7-8,10H,9H2,1-6H3,(H,18,19). The van der Waals surface area contributed by atoms with Gasteiger partial charge in [0.25, 0.3) is 5.91 Å². The lowest BCUT2D eigenvalue weighted by Gasteiger charge is -2.21. The molecule has 0 atom stereocenters. The van der Waals surface area contributed by atoms with E-state index in [0.717, 1.165) is 16.1 Å². The van der Waals surface area contributed by atoms with Crippen molar-refractivity contribution in [2.75, 3.05) is 6.61 Å². The predicted octanol–water partition coefficient (Wildman–Crippen LogP) is 4.07. The average molecular weight is 298 g/mol. The van der Waals surface area contributed by atoms with Crippen LogP contribution >= 0.6 is 11.6 Å². The molecule has 0 aliphatic carbocycles. The third kappa shape index (κ3) is 5.04. The first-order valence-corrected chi connectivity index (χ1v) is 7.22. The molecule has 1 aromatic rings. The van der Waals surface area contributed by atoms with Crippen molar-refractivity contribution in [3.05, 3.63) is 28.3 Å². The topological polar surface area (TPSA) is 38.3 Å². The van der Waals surface area contributed by atoms with Gasteiger partial charge in [-0.25, -0.2) is 0 Å². The number of hydrogen-bond donors (Lipinski definition) is 1. The molecule has 3 nitrogen and oxygen atoms in total. The minimum atomic E-state index is -0.251. The summed E-state index contributed by atoms with van der Waals surface area (Å²) in [5, 5.41) is 3.61. The molecule has 4 heteroatoms. The van der Waals surface area contributed by atoms with Crippen LogP contribution in [0.4, 0.5) is 0 Å². The lowest BCUT2D eigenvalue weighted by Crippen LogP contribution is -2.43. The number of carbonyl (C=O) groups is 1. The summed E-state index contributed by atoms with van der Waals surface area (Å²) in [7, 11) is 0.